The molecule has 16 heavy (non-hydrogen) atoms. The molecule has 0 saturated heterocycles. The zero-order valence-corrected chi connectivity index (χ0v) is 11.4. The SMILES string of the molecule is CSC(CO)C(C)NC(=O)CC(N)C(C)C. The van der Waals surface area contributed by atoms with Crippen molar-refractivity contribution in [1.82, 2.24) is 5.32 Å². The molecular weight excluding hydrogens is 224 g/mol. The van der Waals surface area contributed by atoms with Gasteiger partial charge in [0.25, 0.3) is 0 Å². The van der Waals surface area contributed by atoms with Crippen molar-refractivity contribution in [2.75, 3.05) is 12.9 Å². The molecule has 0 aliphatic rings. The number of aliphatic hydroxyl groups excluding tert-OH is 1. The van der Waals surface area contributed by atoms with Gasteiger partial charge in [0, 0.05) is 23.8 Å². The Morgan fingerprint density at radius 3 is 2.38 bits per heavy atom. The van der Waals surface area contributed by atoms with Crippen LogP contribution in [-0.4, -0.2) is 41.2 Å². The maximum atomic E-state index is 11.6. The van der Waals surface area contributed by atoms with Gasteiger partial charge >= 0.3 is 0 Å². The Labute approximate surface area is 102 Å². The van der Waals surface area contributed by atoms with Crippen molar-refractivity contribution in [3.8, 4) is 0 Å². The van der Waals surface area contributed by atoms with Gasteiger partial charge in [0.2, 0.25) is 5.91 Å². The number of nitrogens with two attached hydrogens (primary N) is 1. The van der Waals surface area contributed by atoms with Crippen molar-refractivity contribution in [3.63, 3.8) is 0 Å². The molecule has 0 spiro atoms. The van der Waals surface area contributed by atoms with Crippen molar-refractivity contribution >= 4 is 17.7 Å². The highest BCUT2D eigenvalue weighted by Gasteiger charge is 2.19. The van der Waals surface area contributed by atoms with E-state index in [1.165, 1.54) is 0 Å². The average Bonchev–Trinajstić information content (AvgIpc) is 2.18. The van der Waals surface area contributed by atoms with E-state index < -0.39 is 0 Å². The van der Waals surface area contributed by atoms with Crippen LogP contribution in [-0.2, 0) is 4.79 Å². The van der Waals surface area contributed by atoms with Gasteiger partial charge < -0.3 is 16.2 Å². The molecule has 4 nitrogen and oxygen atoms in total. The summed E-state index contributed by atoms with van der Waals surface area (Å²) in [6.07, 6.45) is 2.26. The number of carbonyl (C=O) groups is 1. The minimum absolute atomic E-state index is 0.0353. The molecule has 3 unspecified atom stereocenters. The van der Waals surface area contributed by atoms with Gasteiger partial charge in [-0.2, -0.15) is 11.8 Å². The van der Waals surface area contributed by atoms with E-state index in [1.807, 2.05) is 27.0 Å². The van der Waals surface area contributed by atoms with Gasteiger partial charge in [-0.3, -0.25) is 4.79 Å². The predicted molar refractivity (Wildman–Crippen MR) is 69.4 cm³/mol. The van der Waals surface area contributed by atoms with Gasteiger partial charge in [-0.1, -0.05) is 13.8 Å². The predicted octanol–water partition coefficient (Wildman–Crippen LogP) is 0.588. The number of hydrogen-bond acceptors (Lipinski definition) is 4. The number of rotatable bonds is 7. The zero-order valence-electron chi connectivity index (χ0n) is 10.6. The molecule has 0 fully saturated rings. The molecule has 0 aromatic carbocycles. The number of amides is 1. The van der Waals surface area contributed by atoms with Crippen LogP contribution in [0.4, 0.5) is 0 Å². The van der Waals surface area contributed by atoms with Crippen molar-refractivity contribution in [2.45, 2.75) is 44.5 Å². The van der Waals surface area contributed by atoms with E-state index in [9.17, 15) is 4.79 Å². The maximum Gasteiger partial charge on any atom is 0.221 e. The lowest BCUT2D eigenvalue weighted by molar-refractivity contribution is -0.122. The summed E-state index contributed by atoms with van der Waals surface area (Å²) < 4.78 is 0. The first-order valence-corrected chi connectivity index (χ1v) is 6.89. The fourth-order valence-corrected chi connectivity index (χ4v) is 1.92. The molecule has 0 aromatic heterocycles. The van der Waals surface area contributed by atoms with E-state index in [2.05, 4.69) is 5.32 Å². The molecule has 0 rings (SSSR count). The number of thioether (sulfide) groups is 1. The summed E-state index contributed by atoms with van der Waals surface area (Å²) in [6, 6.07) is -0.138. The molecule has 3 atom stereocenters. The quantitative estimate of drug-likeness (QED) is 0.616. The van der Waals surface area contributed by atoms with Gasteiger partial charge in [-0.15, -0.1) is 0 Å². The number of hydrogen-bond donors (Lipinski definition) is 3. The summed E-state index contributed by atoms with van der Waals surface area (Å²) in [4.78, 5) is 11.6. The molecule has 0 aliphatic heterocycles. The van der Waals surface area contributed by atoms with E-state index >= 15 is 0 Å². The molecular formula is C11H24N2O2S. The number of aliphatic hydroxyl groups is 1. The summed E-state index contributed by atoms with van der Waals surface area (Å²) >= 11 is 1.55. The Hall–Kier alpha value is -0.260. The van der Waals surface area contributed by atoms with Crippen LogP contribution in [0.2, 0.25) is 0 Å². The van der Waals surface area contributed by atoms with Crippen LogP contribution in [0.25, 0.3) is 0 Å². The lowest BCUT2D eigenvalue weighted by atomic mass is 10.0. The molecule has 0 heterocycles. The third kappa shape index (κ3) is 5.72. The van der Waals surface area contributed by atoms with Crippen LogP contribution in [0.15, 0.2) is 0 Å². The Bertz CT molecular complexity index is 208. The minimum atomic E-state index is -0.103. The standard InChI is InChI=1S/C11H24N2O2S/c1-7(2)9(12)5-11(15)13-8(3)10(6-14)16-4/h7-10,14H,5-6,12H2,1-4H3,(H,13,15). The first kappa shape index (κ1) is 15.7. The van der Waals surface area contributed by atoms with Crippen molar-refractivity contribution in [1.29, 1.82) is 0 Å². The summed E-state index contributed by atoms with van der Waals surface area (Å²) in [7, 11) is 0. The van der Waals surface area contributed by atoms with Crippen LogP contribution >= 0.6 is 11.8 Å². The normalized spacial score (nSPS) is 16.9. The Kier molecular flexibility index (Phi) is 7.80. The first-order valence-electron chi connectivity index (χ1n) is 5.61. The van der Waals surface area contributed by atoms with Crippen molar-refractivity contribution < 1.29 is 9.90 Å². The lowest BCUT2D eigenvalue weighted by Gasteiger charge is -2.23. The van der Waals surface area contributed by atoms with Crippen molar-refractivity contribution in [2.24, 2.45) is 11.7 Å². The summed E-state index contributed by atoms with van der Waals surface area (Å²) in [5.74, 6) is 0.261. The van der Waals surface area contributed by atoms with Gasteiger partial charge in [0.15, 0.2) is 0 Å². The van der Waals surface area contributed by atoms with Crippen LogP contribution in [0.3, 0.4) is 0 Å². The molecule has 1 amide bonds. The molecule has 96 valence electrons. The van der Waals surface area contributed by atoms with E-state index in [0.29, 0.717) is 12.3 Å². The Balaban J connectivity index is 4.04. The third-order valence-electron chi connectivity index (χ3n) is 2.71. The summed E-state index contributed by atoms with van der Waals surface area (Å²) in [6.45, 7) is 5.97. The molecule has 0 aliphatic carbocycles. The highest BCUT2D eigenvalue weighted by Crippen LogP contribution is 2.11. The topological polar surface area (TPSA) is 75.3 Å². The zero-order chi connectivity index (χ0) is 12.7. The van der Waals surface area contributed by atoms with E-state index in [0.717, 1.165) is 0 Å². The van der Waals surface area contributed by atoms with E-state index in [1.54, 1.807) is 11.8 Å². The second-order valence-corrected chi connectivity index (χ2v) is 5.50. The largest absolute Gasteiger partial charge is 0.395 e. The summed E-state index contributed by atoms with van der Waals surface area (Å²) in [5, 5.41) is 12.0. The number of nitrogens with one attached hydrogen (secondary N) is 1. The van der Waals surface area contributed by atoms with Gasteiger partial charge in [0.1, 0.15) is 0 Å². The second-order valence-electron chi connectivity index (χ2n) is 4.42. The molecule has 0 bridgehead atoms. The van der Waals surface area contributed by atoms with E-state index in [-0.39, 0.29) is 29.8 Å². The molecule has 0 radical (unpaired) electrons. The van der Waals surface area contributed by atoms with Crippen molar-refractivity contribution in [3.05, 3.63) is 0 Å². The highest BCUT2D eigenvalue weighted by atomic mass is 32.2. The van der Waals surface area contributed by atoms with Gasteiger partial charge in [0.05, 0.1) is 6.61 Å². The van der Waals surface area contributed by atoms with Gasteiger partial charge in [-0.25, -0.2) is 0 Å². The highest BCUT2D eigenvalue weighted by molar-refractivity contribution is 7.99. The monoisotopic (exact) mass is 248 g/mol. The molecule has 4 N–H and O–H groups in total. The van der Waals surface area contributed by atoms with Crippen LogP contribution in [0.5, 0.6) is 0 Å². The smallest absolute Gasteiger partial charge is 0.221 e. The Morgan fingerprint density at radius 1 is 1.44 bits per heavy atom. The summed E-state index contributed by atoms with van der Waals surface area (Å²) in [5.41, 5.74) is 5.82. The third-order valence-corrected chi connectivity index (χ3v) is 3.87. The molecule has 0 aromatic rings. The lowest BCUT2D eigenvalue weighted by Crippen LogP contribution is -2.43. The van der Waals surface area contributed by atoms with Gasteiger partial charge in [-0.05, 0) is 19.1 Å². The first-order chi connectivity index (χ1) is 7.42. The molecule has 5 heteroatoms. The fourth-order valence-electron chi connectivity index (χ4n) is 1.29. The molecule has 0 saturated carbocycles. The Morgan fingerprint density at radius 2 is 2.00 bits per heavy atom. The maximum absolute atomic E-state index is 11.6. The van der Waals surface area contributed by atoms with Crippen LogP contribution < -0.4 is 11.1 Å². The van der Waals surface area contributed by atoms with Crippen LogP contribution in [0, 0.1) is 5.92 Å². The number of carbonyl (C=O) groups excluding carboxylic acids is 1. The average molecular weight is 248 g/mol. The van der Waals surface area contributed by atoms with Crippen LogP contribution in [0.1, 0.15) is 27.2 Å². The second kappa shape index (κ2) is 7.92. The van der Waals surface area contributed by atoms with E-state index in [4.69, 9.17) is 10.8 Å². The minimum Gasteiger partial charge on any atom is -0.395 e. The fraction of sp³-hybridized carbons (Fsp3) is 0.909.